The second-order valence-corrected chi connectivity index (χ2v) is 8.35. The van der Waals surface area contributed by atoms with Gasteiger partial charge in [0.15, 0.2) is 5.65 Å². The number of carbonyl (C=O) groups excluding carboxylic acids is 1. The molecule has 1 aliphatic carbocycles. The summed E-state index contributed by atoms with van der Waals surface area (Å²) < 4.78 is 6.78. The van der Waals surface area contributed by atoms with Gasteiger partial charge in [-0.2, -0.15) is 5.10 Å². The van der Waals surface area contributed by atoms with Crippen molar-refractivity contribution in [2.45, 2.75) is 39.0 Å². The minimum absolute atomic E-state index is 0.286. The molecule has 138 valence electrons. The molecule has 0 spiro atoms. The number of ether oxygens (including phenoxy) is 1. The number of methoxy groups -OCH3 is 1. The van der Waals surface area contributed by atoms with Gasteiger partial charge in [0.05, 0.1) is 12.8 Å². The first kappa shape index (κ1) is 16.5. The number of aromatic nitrogens is 4. The fourth-order valence-corrected chi connectivity index (χ4v) is 5.27. The number of nitrogens with zero attached hydrogens (tertiary/aromatic N) is 3. The number of fused-ring (bicyclic) bond motifs is 4. The monoisotopic (exact) mass is 380 g/mol. The summed E-state index contributed by atoms with van der Waals surface area (Å²) >= 11 is 1.45. The molecule has 0 saturated carbocycles. The molecule has 1 aliphatic rings. The lowest BCUT2D eigenvalue weighted by Gasteiger charge is -2.13. The Kier molecular flexibility index (Phi) is 3.62. The molecule has 0 amide bonds. The number of hydrogen-bond donors (Lipinski definition) is 1. The number of pyridine rings is 1. The number of aryl methyl sites for hydroxylation is 1. The van der Waals surface area contributed by atoms with E-state index in [0.717, 1.165) is 40.8 Å². The molecule has 0 aromatic carbocycles. The lowest BCUT2D eigenvalue weighted by molar-refractivity contribution is 0.0606. The topological polar surface area (TPSA) is 72.3 Å². The van der Waals surface area contributed by atoms with Crippen molar-refractivity contribution < 1.29 is 9.53 Å². The number of hydrogen-bond acceptors (Lipinski definition) is 5. The van der Waals surface area contributed by atoms with E-state index in [4.69, 9.17) is 4.74 Å². The summed E-state index contributed by atoms with van der Waals surface area (Å²) in [5.74, 6) is 0.0307. The summed E-state index contributed by atoms with van der Waals surface area (Å²) in [5.41, 5.74) is 7.24. The van der Waals surface area contributed by atoms with Crippen LogP contribution in [-0.2, 0) is 17.6 Å². The number of nitrogens with one attached hydrogen (secondary N) is 1. The van der Waals surface area contributed by atoms with Crippen molar-refractivity contribution in [1.82, 2.24) is 19.6 Å². The van der Waals surface area contributed by atoms with Crippen LogP contribution in [0.1, 0.15) is 52.5 Å². The molecule has 0 bridgehead atoms. The standard InChI is InChI=1S/C20H20N4O2S/c1-10(2)16-13-7-15(20(25)26-3)27-19(13)23-17(16)14-8-24-18(21-9-22-24)12-6-4-5-11(12)14/h7-10,23H,4-6H2,1-3H3. The van der Waals surface area contributed by atoms with Crippen molar-refractivity contribution in [3.05, 3.63) is 40.2 Å². The van der Waals surface area contributed by atoms with Crippen molar-refractivity contribution in [2.24, 2.45) is 0 Å². The summed E-state index contributed by atoms with van der Waals surface area (Å²) in [5, 5.41) is 5.49. The van der Waals surface area contributed by atoms with Crippen molar-refractivity contribution in [3.8, 4) is 11.3 Å². The second kappa shape index (κ2) is 5.92. The summed E-state index contributed by atoms with van der Waals surface area (Å²) in [6, 6.07) is 1.95. The lowest BCUT2D eigenvalue weighted by atomic mass is 9.94. The zero-order chi connectivity index (χ0) is 18.7. The van der Waals surface area contributed by atoms with Gasteiger partial charge in [-0.15, -0.1) is 11.3 Å². The Balaban J connectivity index is 1.78. The summed E-state index contributed by atoms with van der Waals surface area (Å²) in [6.45, 7) is 4.38. The van der Waals surface area contributed by atoms with Gasteiger partial charge in [0.25, 0.3) is 0 Å². The molecule has 0 unspecified atom stereocenters. The SMILES string of the molecule is COC(=O)c1cc2c(C(C)C)c(-c3cn4ncnc4c4c3CCC4)[nH]c2s1. The molecule has 4 heterocycles. The molecule has 0 radical (unpaired) electrons. The molecule has 5 rings (SSSR count). The van der Waals surface area contributed by atoms with Crippen LogP contribution in [-0.4, -0.2) is 32.7 Å². The predicted octanol–water partition coefficient (Wildman–Crippen LogP) is 4.34. The van der Waals surface area contributed by atoms with Crippen LogP contribution in [0.15, 0.2) is 18.6 Å². The van der Waals surface area contributed by atoms with E-state index >= 15 is 0 Å². The van der Waals surface area contributed by atoms with E-state index in [0.29, 0.717) is 10.8 Å². The molecular weight excluding hydrogens is 360 g/mol. The number of carbonyl (C=O) groups is 1. The highest BCUT2D eigenvalue weighted by atomic mass is 32.1. The molecule has 4 aromatic rings. The van der Waals surface area contributed by atoms with Gasteiger partial charge in [-0.3, -0.25) is 0 Å². The Morgan fingerprint density at radius 2 is 2.15 bits per heavy atom. The number of H-pyrrole nitrogens is 1. The Morgan fingerprint density at radius 3 is 2.93 bits per heavy atom. The minimum atomic E-state index is -0.286. The molecule has 0 atom stereocenters. The van der Waals surface area contributed by atoms with Gasteiger partial charge in [-0.1, -0.05) is 13.8 Å². The van der Waals surface area contributed by atoms with Gasteiger partial charge in [-0.25, -0.2) is 14.3 Å². The largest absolute Gasteiger partial charge is 0.465 e. The van der Waals surface area contributed by atoms with E-state index in [1.165, 1.54) is 40.7 Å². The molecule has 6 nitrogen and oxygen atoms in total. The van der Waals surface area contributed by atoms with Crippen molar-refractivity contribution in [3.63, 3.8) is 0 Å². The Hall–Kier alpha value is -2.67. The van der Waals surface area contributed by atoms with E-state index in [2.05, 4.69) is 35.1 Å². The summed E-state index contributed by atoms with van der Waals surface area (Å²) in [6.07, 6.45) is 6.97. The maximum Gasteiger partial charge on any atom is 0.348 e. The smallest absolute Gasteiger partial charge is 0.348 e. The third kappa shape index (κ3) is 2.34. The predicted molar refractivity (Wildman–Crippen MR) is 106 cm³/mol. The summed E-state index contributed by atoms with van der Waals surface area (Å²) in [4.78, 5) is 21.6. The van der Waals surface area contributed by atoms with Crippen LogP contribution >= 0.6 is 11.3 Å². The van der Waals surface area contributed by atoms with Crippen LogP contribution in [0.3, 0.4) is 0 Å². The van der Waals surface area contributed by atoms with Crippen LogP contribution < -0.4 is 0 Å². The molecule has 1 N–H and O–H groups in total. The van der Waals surface area contributed by atoms with Gasteiger partial charge in [0.2, 0.25) is 0 Å². The zero-order valence-electron chi connectivity index (χ0n) is 15.5. The van der Waals surface area contributed by atoms with E-state index in [-0.39, 0.29) is 5.97 Å². The van der Waals surface area contributed by atoms with E-state index in [1.54, 1.807) is 6.33 Å². The van der Waals surface area contributed by atoms with Crippen LogP contribution in [0.2, 0.25) is 0 Å². The summed E-state index contributed by atoms with van der Waals surface area (Å²) in [7, 11) is 1.42. The first-order valence-electron chi connectivity index (χ1n) is 9.16. The first-order valence-corrected chi connectivity index (χ1v) is 9.98. The average Bonchev–Trinajstić information content (AvgIpc) is 3.39. The molecule has 0 aliphatic heterocycles. The highest BCUT2D eigenvalue weighted by Gasteiger charge is 2.26. The van der Waals surface area contributed by atoms with E-state index in [9.17, 15) is 4.79 Å². The van der Waals surface area contributed by atoms with Crippen LogP contribution in [0, 0.1) is 0 Å². The Morgan fingerprint density at radius 1 is 1.33 bits per heavy atom. The van der Waals surface area contributed by atoms with Crippen LogP contribution in [0.4, 0.5) is 0 Å². The fourth-order valence-electron chi connectivity index (χ4n) is 4.28. The molecule has 4 aromatic heterocycles. The van der Waals surface area contributed by atoms with Crippen molar-refractivity contribution in [1.29, 1.82) is 0 Å². The fraction of sp³-hybridized carbons (Fsp3) is 0.350. The maximum absolute atomic E-state index is 11.9. The third-order valence-corrected chi connectivity index (χ3v) is 6.43. The Labute approximate surface area is 160 Å². The molecular formula is C20H20N4O2S. The van der Waals surface area contributed by atoms with Gasteiger partial charge in [0, 0.05) is 22.7 Å². The molecule has 0 saturated heterocycles. The van der Waals surface area contributed by atoms with Gasteiger partial charge < -0.3 is 9.72 Å². The quantitative estimate of drug-likeness (QED) is 0.537. The number of rotatable bonds is 3. The number of thiophene rings is 1. The first-order chi connectivity index (χ1) is 13.1. The van der Waals surface area contributed by atoms with Crippen molar-refractivity contribution >= 4 is 33.2 Å². The van der Waals surface area contributed by atoms with Crippen LogP contribution in [0.5, 0.6) is 0 Å². The second-order valence-electron chi connectivity index (χ2n) is 7.30. The zero-order valence-corrected chi connectivity index (χ0v) is 16.3. The van der Waals surface area contributed by atoms with Gasteiger partial charge in [0.1, 0.15) is 16.0 Å². The average molecular weight is 380 g/mol. The van der Waals surface area contributed by atoms with E-state index in [1.807, 2.05) is 10.6 Å². The molecule has 7 heteroatoms. The maximum atomic E-state index is 11.9. The lowest BCUT2D eigenvalue weighted by Crippen LogP contribution is -2.00. The number of aromatic amines is 1. The van der Waals surface area contributed by atoms with Gasteiger partial charge in [-0.05, 0) is 42.4 Å². The highest BCUT2D eigenvalue weighted by Crippen LogP contribution is 2.42. The Bertz CT molecular complexity index is 1200. The van der Waals surface area contributed by atoms with Crippen molar-refractivity contribution in [2.75, 3.05) is 7.11 Å². The third-order valence-electron chi connectivity index (χ3n) is 5.40. The normalized spacial score (nSPS) is 13.8. The van der Waals surface area contributed by atoms with Gasteiger partial charge >= 0.3 is 5.97 Å². The van der Waals surface area contributed by atoms with E-state index < -0.39 is 0 Å². The molecule has 27 heavy (non-hydrogen) atoms. The molecule has 0 fully saturated rings. The highest BCUT2D eigenvalue weighted by molar-refractivity contribution is 7.20. The van der Waals surface area contributed by atoms with Crippen LogP contribution in [0.25, 0.3) is 27.1 Å². The number of esters is 1. The minimum Gasteiger partial charge on any atom is -0.465 e.